The predicted molar refractivity (Wildman–Crippen MR) is 41.2 cm³/mol. The van der Waals surface area contributed by atoms with Gasteiger partial charge in [0.25, 0.3) is 0 Å². The highest BCUT2D eigenvalue weighted by Crippen LogP contribution is 2.14. The summed E-state index contributed by atoms with van der Waals surface area (Å²) in [6.07, 6.45) is 5.47. The van der Waals surface area contributed by atoms with Crippen LogP contribution in [0.1, 0.15) is 12.5 Å². The minimum Gasteiger partial charge on any atom is -0.285 e. The molecular formula is C6H8N2S. The van der Waals surface area contributed by atoms with Crippen molar-refractivity contribution in [3.05, 3.63) is 24.0 Å². The lowest BCUT2D eigenvalue weighted by atomic mass is 10.3. The van der Waals surface area contributed by atoms with E-state index in [9.17, 15) is 0 Å². The number of aromatic nitrogens is 2. The Kier molecular flexibility index (Phi) is 1.95. The Bertz CT molecular complexity index is 201. The van der Waals surface area contributed by atoms with Crippen molar-refractivity contribution >= 4 is 17.5 Å². The normalized spacial score (nSPS) is 12.0. The van der Waals surface area contributed by atoms with Crippen LogP contribution in [0.5, 0.6) is 0 Å². The average Bonchev–Trinajstić information content (AvgIpc) is 2.37. The molecule has 48 valence electrons. The Morgan fingerprint density at radius 1 is 1.89 bits per heavy atom. The molecule has 1 rings (SSSR count). The highest BCUT2D eigenvalue weighted by atomic mass is 32.1. The molecule has 0 aromatic carbocycles. The first-order valence-electron chi connectivity index (χ1n) is 2.69. The van der Waals surface area contributed by atoms with Gasteiger partial charge in [-0.15, -0.1) is 12.6 Å². The molecule has 0 saturated carbocycles. The second kappa shape index (κ2) is 2.73. The lowest BCUT2D eigenvalue weighted by molar-refractivity contribution is 1.09. The highest BCUT2D eigenvalue weighted by molar-refractivity contribution is 7.90. The predicted octanol–water partition coefficient (Wildman–Crippen LogP) is 1.70. The van der Waals surface area contributed by atoms with Gasteiger partial charge in [0.2, 0.25) is 0 Å². The van der Waals surface area contributed by atoms with Crippen LogP contribution in [0.3, 0.4) is 0 Å². The molecule has 0 saturated heterocycles. The molecule has 0 spiro atoms. The van der Waals surface area contributed by atoms with E-state index in [0.717, 1.165) is 10.5 Å². The van der Waals surface area contributed by atoms with Crippen molar-refractivity contribution < 1.29 is 0 Å². The molecule has 0 unspecified atom stereocenters. The van der Waals surface area contributed by atoms with E-state index in [-0.39, 0.29) is 0 Å². The van der Waals surface area contributed by atoms with E-state index in [4.69, 9.17) is 0 Å². The summed E-state index contributed by atoms with van der Waals surface area (Å²) in [4.78, 5) is 0.948. The van der Waals surface area contributed by atoms with Gasteiger partial charge in [0.15, 0.2) is 0 Å². The van der Waals surface area contributed by atoms with Gasteiger partial charge >= 0.3 is 0 Å². The fourth-order valence-electron chi connectivity index (χ4n) is 0.558. The number of hydrogen-bond donors (Lipinski definition) is 2. The largest absolute Gasteiger partial charge is 0.285 e. The molecule has 0 atom stereocenters. The summed E-state index contributed by atoms with van der Waals surface area (Å²) in [5.74, 6) is 0. The zero-order chi connectivity index (χ0) is 6.69. The Labute approximate surface area is 59.4 Å². The summed E-state index contributed by atoms with van der Waals surface area (Å²) < 4.78 is 0. The number of nitrogens with one attached hydrogen (secondary N) is 1. The first-order chi connectivity index (χ1) is 4.34. The number of thiol groups is 1. The summed E-state index contributed by atoms with van der Waals surface area (Å²) in [6.45, 7) is 1.94. The molecule has 0 fully saturated rings. The smallest absolute Gasteiger partial charge is 0.0570 e. The van der Waals surface area contributed by atoms with Gasteiger partial charge < -0.3 is 0 Å². The molecule has 0 aliphatic rings. The third-order valence-corrected chi connectivity index (χ3v) is 1.58. The lowest BCUT2D eigenvalue weighted by Crippen LogP contribution is -1.66. The Morgan fingerprint density at radius 3 is 3.11 bits per heavy atom. The minimum absolute atomic E-state index is 0.948. The van der Waals surface area contributed by atoms with Gasteiger partial charge in [-0.25, -0.2) is 0 Å². The van der Waals surface area contributed by atoms with E-state index in [1.807, 2.05) is 19.2 Å². The van der Waals surface area contributed by atoms with Gasteiger partial charge in [-0.05, 0) is 6.92 Å². The van der Waals surface area contributed by atoms with Crippen molar-refractivity contribution in [1.29, 1.82) is 0 Å². The van der Waals surface area contributed by atoms with E-state index in [2.05, 4.69) is 22.8 Å². The first-order valence-corrected chi connectivity index (χ1v) is 3.13. The Hall–Kier alpha value is -0.700. The van der Waals surface area contributed by atoms with Crippen LogP contribution >= 0.6 is 12.6 Å². The maximum Gasteiger partial charge on any atom is 0.0570 e. The molecule has 0 aliphatic carbocycles. The molecule has 0 aliphatic heterocycles. The minimum atomic E-state index is 0.948. The molecule has 1 heterocycles. The lowest BCUT2D eigenvalue weighted by Gasteiger charge is -1.88. The standard InChI is InChI=1S/C6H8N2S/c1-2-6(9)5-3-7-8-4-5/h2-4,9H,1H3,(H,7,8)/b6-2-. The molecule has 0 radical (unpaired) electrons. The van der Waals surface area contributed by atoms with Gasteiger partial charge in [0, 0.05) is 16.7 Å². The number of nitrogens with zero attached hydrogens (tertiary/aromatic N) is 1. The van der Waals surface area contributed by atoms with E-state index >= 15 is 0 Å². The molecule has 2 nitrogen and oxygen atoms in total. The fraction of sp³-hybridized carbons (Fsp3) is 0.167. The molecule has 0 bridgehead atoms. The zero-order valence-electron chi connectivity index (χ0n) is 5.13. The molecule has 3 heteroatoms. The second-order valence-electron chi connectivity index (χ2n) is 1.66. The van der Waals surface area contributed by atoms with Crippen LogP contribution in [-0.4, -0.2) is 10.2 Å². The van der Waals surface area contributed by atoms with Crippen LogP contribution in [-0.2, 0) is 0 Å². The van der Waals surface area contributed by atoms with Crippen molar-refractivity contribution in [2.24, 2.45) is 0 Å². The van der Waals surface area contributed by atoms with Crippen LogP contribution < -0.4 is 0 Å². The van der Waals surface area contributed by atoms with Gasteiger partial charge in [0.05, 0.1) is 6.20 Å². The number of rotatable bonds is 1. The van der Waals surface area contributed by atoms with Crippen LogP contribution in [0, 0.1) is 0 Å². The van der Waals surface area contributed by atoms with Crippen molar-refractivity contribution in [2.45, 2.75) is 6.92 Å². The van der Waals surface area contributed by atoms with Crippen LogP contribution in [0.25, 0.3) is 4.91 Å². The number of H-pyrrole nitrogens is 1. The van der Waals surface area contributed by atoms with Crippen LogP contribution in [0.2, 0.25) is 0 Å². The van der Waals surface area contributed by atoms with E-state index in [1.54, 1.807) is 6.20 Å². The number of allylic oxidation sites excluding steroid dienone is 1. The summed E-state index contributed by atoms with van der Waals surface area (Å²) >= 11 is 4.19. The van der Waals surface area contributed by atoms with Crippen molar-refractivity contribution in [3.8, 4) is 0 Å². The SMILES string of the molecule is C/C=C(\S)c1cn[nH]c1. The second-order valence-corrected chi connectivity index (χ2v) is 2.14. The maximum atomic E-state index is 4.19. The maximum absolute atomic E-state index is 4.19. The molecule has 9 heavy (non-hydrogen) atoms. The third kappa shape index (κ3) is 1.36. The number of aromatic amines is 1. The van der Waals surface area contributed by atoms with E-state index in [1.165, 1.54) is 0 Å². The monoisotopic (exact) mass is 140 g/mol. The molecule has 1 N–H and O–H groups in total. The zero-order valence-corrected chi connectivity index (χ0v) is 6.02. The fourth-order valence-corrected chi connectivity index (χ4v) is 0.680. The summed E-state index contributed by atoms with van der Waals surface area (Å²) in [7, 11) is 0. The van der Waals surface area contributed by atoms with Crippen molar-refractivity contribution in [3.63, 3.8) is 0 Å². The van der Waals surface area contributed by atoms with Crippen LogP contribution in [0.4, 0.5) is 0 Å². The average molecular weight is 140 g/mol. The van der Waals surface area contributed by atoms with Gasteiger partial charge in [0.1, 0.15) is 0 Å². The molecule has 1 aromatic rings. The highest BCUT2D eigenvalue weighted by Gasteiger charge is 1.92. The van der Waals surface area contributed by atoms with Crippen molar-refractivity contribution in [1.82, 2.24) is 10.2 Å². The van der Waals surface area contributed by atoms with Gasteiger partial charge in [-0.2, -0.15) is 5.10 Å². The van der Waals surface area contributed by atoms with E-state index in [0.29, 0.717) is 0 Å². The molecule has 0 amide bonds. The molecule has 1 aromatic heterocycles. The third-order valence-electron chi connectivity index (χ3n) is 1.07. The quantitative estimate of drug-likeness (QED) is 0.571. The Balaban J connectivity index is 2.90. The molecular weight excluding hydrogens is 132 g/mol. The van der Waals surface area contributed by atoms with E-state index < -0.39 is 0 Å². The van der Waals surface area contributed by atoms with Gasteiger partial charge in [-0.3, -0.25) is 5.10 Å². The van der Waals surface area contributed by atoms with Crippen LogP contribution in [0.15, 0.2) is 18.5 Å². The summed E-state index contributed by atoms with van der Waals surface area (Å²) in [5.41, 5.74) is 1.03. The van der Waals surface area contributed by atoms with Gasteiger partial charge in [-0.1, -0.05) is 6.08 Å². The summed E-state index contributed by atoms with van der Waals surface area (Å²) in [6, 6.07) is 0. The topological polar surface area (TPSA) is 28.7 Å². The van der Waals surface area contributed by atoms with Crippen molar-refractivity contribution in [2.75, 3.05) is 0 Å². The Morgan fingerprint density at radius 2 is 2.67 bits per heavy atom. The first kappa shape index (κ1) is 6.42. The summed E-state index contributed by atoms with van der Waals surface area (Å²) in [5, 5.41) is 6.48. The number of hydrogen-bond acceptors (Lipinski definition) is 2.